The molecule has 0 aromatic heterocycles. The summed E-state index contributed by atoms with van der Waals surface area (Å²) in [5.41, 5.74) is -2.99. The predicted molar refractivity (Wildman–Crippen MR) is 103 cm³/mol. The molecule has 29 heavy (non-hydrogen) atoms. The first kappa shape index (κ1) is 21.4. The summed E-state index contributed by atoms with van der Waals surface area (Å²) in [5.74, 6) is -1.08. The molecule has 5 nitrogen and oxygen atoms in total. The fourth-order valence-corrected chi connectivity index (χ4v) is 4.10. The minimum Gasteiger partial charge on any atom is -0.270 e. The topological polar surface area (TPSA) is 75.6 Å². The normalized spacial score (nSPS) is 18.8. The Labute approximate surface area is 173 Å². The Hall–Kier alpha value is -2.36. The van der Waals surface area contributed by atoms with Crippen LogP contribution in [0.15, 0.2) is 64.5 Å². The average Bonchev–Trinajstić information content (AvgIpc) is 3.11. The molecule has 1 aliphatic rings. The first-order valence-electron chi connectivity index (χ1n) is 7.89. The van der Waals surface area contributed by atoms with Gasteiger partial charge >= 0.3 is 6.18 Å². The number of benzene rings is 2. The first-order valence-corrected chi connectivity index (χ1v) is 10.1. The zero-order valence-electron chi connectivity index (χ0n) is 14.2. The average molecular weight is 463 g/mol. The SMILES string of the molecule is O=C(NS(=O)(=O)c1ccc(Cl)cc1)C1(c2ccc(C(F)(F)F)c(Cl)c2)C=CC=N1. The number of sulfonamides is 1. The van der Waals surface area contributed by atoms with Crippen LogP contribution in [0.5, 0.6) is 0 Å². The van der Waals surface area contributed by atoms with E-state index in [2.05, 4.69) is 4.99 Å². The van der Waals surface area contributed by atoms with Crippen molar-refractivity contribution in [3.63, 3.8) is 0 Å². The Morgan fingerprint density at radius 1 is 1.07 bits per heavy atom. The molecule has 1 amide bonds. The van der Waals surface area contributed by atoms with Crippen LogP contribution in [0.3, 0.4) is 0 Å². The highest BCUT2D eigenvalue weighted by Crippen LogP contribution is 2.39. The molecule has 0 fully saturated rings. The van der Waals surface area contributed by atoms with Gasteiger partial charge in [-0.15, -0.1) is 0 Å². The van der Waals surface area contributed by atoms with Gasteiger partial charge in [0.1, 0.15) is 0 Å². The second-order valence-corrected chi connectivity index (χ2v) is 8.51. The molecule has 2 aromatic rings. The van der Waals surface area contributed by atoms with Crippen LogP contribution < -0.4 is 4.72 Å². The van der Waals surface area contributed by atoms with Gasteiger partial charge in [0, 0.05) is 11.2 Å². The minimum atomic E-state index is -4.68. The van der Waals surface area contributed by atoms with Crippen LogP contribution in [0.25, 0.3) is 0 Å². The Balaban J connectivity index is 1.99. The summed E-state index contributed by atoms with van der Waals surface area (Å²) in [7, 11) is -4.28. The molecule has 1 aliphatic heterocycles. The molecule has 1 atom stereocenters. The monoisotopic (exact) mass is 462 g/mol. The van der Waals surface area contributed by atoms with Crippen molar-refractivity contribution in [2.75, 3.05) is 0 Å². The van der Waals surface area contributed by atoms with Gasteiger partial charge in [-0.05, 0) is 54.1 Å². The van der Waals surface area contributed by atoms with E-state index in [-0.39, 0.29) is 10.5 Å². The van der Waals surface area contributed by atoms with E-state index in [0.717, 1.165) is 12.1 Å². The van der Waals surface area contributed by atoms with Gasteiger partial charge in [-0.25, -0.2) is 13.1 Å². The zero-order valence-corrected chi connectivity index (χ0v) is 16.6. The van der Waals surface area contributed by atoms with Crippen molar-refractivity contribution in [3.8, 4) is 0 Å². The van der Waals surface area contributed by atoms with Gasteiger partial charge in [-0.2, -0.15) is 13.2 Å². The molecule has 0 radical (unpaired) electrons. The van der Waals surface area contributed by atoms with Crippen molar-refractivity contribution >= 4 is 45.3 Å². The van der Waals surface area contributed by atoms with Gasteiger partial charge in [-0.3, -0.25) is 9.79 Å². The summed E-state index contributed by atoms with van der Waals surface area (Å²) in [4.78, 5) is 16.6. The van der Waals surface area contributed by atoms with Crippen LogP contribution in [0.2, 0.25) is 10.0 Å². The highest BCUT2D eigenvalue weighted by molar-refractivity contribution is 7.90. The lowest BCUT2D eigenvalue weighted by Crippen LogP contribution is -2.44. The van der Waals surface area contributed by atoms with Crippen LogP contribution >= 0.6 is 23.2 Å². The molecule has 0 aliphatic carbocycles. The number of hydrogen-bond donors (Lipinski definition) is 1. The lowest BCUT2D eigenvalue weighted by Gasteiger charge is -2.24. The lowest BCUT2D eigenvalue weighted by atomic mass is 9.89. The van der Waals surface area contributed by atoms with E-state index in [1.807, 2.05) is 4.72 Å². The number of rotatable bonds is 4. The number of carbonyl (C=O) groups is 1. The Bertz CT molecular complexity index is 1120. The number of aliphatic imine (C=N–C) groups is 1. The lowest BCUT2D eigenvalue weighted by molar-refractivity contribution is -0.137. The van der Waals surface area contributed by atoms with Gasteiger partial charge in [-0.1, -0.05) is 29.3 Å². The van der Waals surface area contributed by atoms with Crippen LogP contribution in [0.1, 0.15) is 11.1 Å². The largest absolute Gasteiger partial charge is 0.417 e. The number of amides is 1. The molecule has 3 rings (SSSR count). The Kier molecular flexibility index (Phi) is 5.50. The maximum Gasteiger partial charge on any atom is 0.417 e. The van der Waals surface area contributed by atoms with E-state index in [4.69, 9.17) is 23.2 Å². The number of hydrogen-bond acceptors (Lipinski definition) is 4. The Morgan fingerprint density at radius 3 is 2.24 bits per heavy atom. The highest BCUT2D eigenvalue weighted by atomic mass is 35.5. The molecule has 1 unspecified atom stereocenters. The zero-order chi connectivity index (χ0) is 21.4. The van der Waals surface area contributed by atoms with Crippen molar-refractivity contribution in [1.29, 1.82) is 0 Å². The minimum absolute atomic E-state index is 0.0238. The number of nitrogens with one attached hydrogen (secondary N) is 1. The number of halogens is 5. The molecule has 2 aromatic carbocycles. The van der Waals surface area contributed by atoms with Gasteiger partial charge in [0.05, 0.1) is 15.5 Å². The van der Waals surface area contributed by atoms with Gasteiger partial charge < -0.3 is 0 Å². The molecule has 0 saturated carbocycles. The summed E-state index contributed by atoms with van der Waals surface area (Å²) in [6.45, 7) is 0. The second-order valence-electron chi connectivity index (χ2n) is 5.98. The number of carbonyl (C=O) groups excluding carboxylic acids is 1. The molecular formula is C18H11Cl2F3N2O3S. The van der Waals surface area contributed by atoms with Crippen molar-refractivity contribution in [2.45, 2.75) is 16.6 Å². The van der Waals surface area contributed by atoms with Crippen molar-refractivity contribution in [3.05, 3.63) is 75.8 Å². The molecule has 0 saturated heterocycles. The highest BCUT2D eigenvalue weighted by Gasteiger charge is 2.42. The third-order valence-corrected chi connectivity index (χ3v) is 6.03. The molecule has 11 heteroatoms. The second kappa shape index (κ2) is 7.47. The maximum absolute atomic E-state index is 13.0. The number of alkyl halides is 3. The molecule has 1 N–H and O–H groups in total. The fourth-order valence-electron chi connectivity index (χ4n) is 2.68. The van der Waals surface area contributed by atoms with E-state index in [1.54, 1.807) is 0 Å². The van der Waals surface area contributed by atoms with E-state index in [1.165, 1.54) is 42.6 Å². The summed E-state index contributed by atoms with van der Waals surface area (Å²) in [6, 6.07) is 7.74. The van der Waals surface area contributed by atoms with E-state index >= 15 is 0 Å². The predicted octanol–water partition coefficient (Wildman–Crippen LogP) is 4.35. The fraction of sp³-hybridized carbons (Fsp3) is 0.111. The van der Waals surface area contributed by atoms with Crippen LogP contribution in [0, 0.1) is 0 Å². The van der Waals surface area contributed by atoms with Gasteiger partial charge in [0.25, 0.3) is 15.9 Å². The molecule has 1 heterocycles. The third kappa shape index (κ3) is 4.17. The Morgan fingerprint density at radius 2 is 1.72 bits per heavy atom. The van der Waals surface area contributed by atoms with Gasteiger partial charge in [0.2, 0.25) is 0 Å². The summed E-state index contributed by atoms with van der Waals surface area (Å²) < 4.78 is 65.8. The van der Waals surface area contributed by atoms with Crippen LogP contribution in [-0.4, -0.2) is 20.5 Å². The molecule has 0 spiro atoms. The quantitative estimate of drug-likeness (QED) is 0.733. The van der Waals surface area contributed by atoms with Crippen LogP contribution in [0.4, 0.5) is 13.2 Å². The maximum atomic E-state index is 13.0. The molecule has 0 bridgehead atoms. The third-order valence-electron chi connectivity index (χ3n) is 4.11. The smallest absolute Gasteiger partial charge is 0.270 e. The van der Waals surface area contributed by atoms with Crippen molar-refractivity contribution in [1.82, 2.24) is 4.72 Å². The van der Waals surface area contributed by atoms with Crippen molar-refractivity contribution in [2.24, 2.45) is 4.99 Å². The van der Waals surface area contributed by atoms with Gasteiger partial charge in [0.15, 0.2) is 5.54 Å². The van der Waals surface area contributed by atoms with E-state index in [0.29, 0.717) is 11.1 Å². The number of nitrogens with zero attached hydrogens (tertiary/aromatic N) is 1. The number of allylic oxidation sites excluding steroid dienone is 1. The van der Waals surface area contributed by atoms with Crippen molar-refractivity contribution < 1.29 is 26.4 Å². The summed E-state index contributed by atoms with van der Waals surface area (Å²) >= 11 is 11.5. The van der Waals surface area contributed by atoms with E-state index in [9.17, 15) is 26.4 Å². The first-order chi connectivity index (χ1) is 13.5. The molecule has 152 valence electrons. The summed E-state index contributed by atoms with van der Waals surface area (Å²) in [6.07, 6.45) is -0.809. The standard InChI is InChI=1S/C18H11Cl2F3N2O3S/c19-12-3-5-13(6-4-12)29(27,28)25-16(26)17(8-1-9-24-17)11-2-7-14(15(20)10-11)18(21,22)23/h1-10H,(H,25,26). The van der Waals surface area contributed by atoms with E-state index < -0.39 is 38.2 Å². The molecular weight excluding hydrogens is 452 g/mol. The van der Waals surface area contributed by atoms with Crippen LogP contribution in [-0.2, 0) is 26.5 Å². The summed E-state index contributed by atoms with van der Waals surface area (Å²) in [5, 5.41) is -0.340.